The van der Waals surface area contributed by atoms with Gasteiger partial charge >= 0.3 is 0 Å². The first-order valence-electron chi connectivity index (χ1n) is 4.26. The SMILES string of the molecule is COCCONC(=O)c1ccc(F)nc1. The first-order chi connectivity index (χ1) is 7.24. The second kappa shape index (κ2) is 6.05. The van der Waals surface area contributed by atoms with Crippen LogP contribution in [0, 0.1) is 5.95 Å². The first-order valence-corrected chi connectivity index (χ1v) is 4.26. The van der Waals surface area contributed by atoms with Crippen molar-refractivity contribution in [3.8, 4) is 0 Å². The van der Waals surface area contributed by atoms with Crippen LogP contribution in [0.1, 0.15) is 10.4 Å². The highest BCUT2D eigenvalue weighted by molar-refractivity contribution is 5.92. The molecule has 0 fully saturated rings. The van der Waals surface area contributed by atoms with E-state index in [9.17, 15) is 9.18 Å². The van der Waals surface area contributed by atoms with Crippen molar-refractivity contribution in [3.63, 3.8) is 0 Å². The second-order valence-corrected chi connectivity index (χ2v) is 2.64. The van der Waals surface area contributed by atoms with E-state index >= 15 is 0 Å². The van der Waals surface area contributed by atoms with Crippen LogP contribution in [-0.4, -0.2) is 31.2 Å². The molecule has 5 nitrogen and oxygen atoms in total. The normalized spacial score (nSPS) is 10.0. The number of aromatic nitrogens is 1. The Hall–Kier alpha value is -1.53. The van der Waals surface area contributed by atoms with Gasteiger partial charge in [0.25, 0.3) is 5.91 Å². The fraction of sp³-hybridized carbons (Fsp3) is 0.333. The molecule has 1 aromatic heterocycles. The van der Waals surface area contributed by atoms with Crippen molar-refractivity contribution < 1.29 is 18.8 Å². The monoisotopic (exact) mass is 214 g/mol. The molecular formula is C9H11FN2O3. The van der Waals surface area contributed by atoms with Crippen molar-refractivity contribution in [1.82, 2.24) is 10.5 Å². The zero-order chi connectivity index (χ0) is 11.1. The summed E-state index contributed by atoms with van der Waals surface area (Å²) in [6.07, 6.45) is 1.13. The minimum atomic E-state index is -0.633. The summed E-state index contributed by atoms with van der Waals surface area (Å²) >= 11 is 0. The maximum atomic E-state index is 12.4. The van der Waals surface area contributed by atoms with Gasteiger partial charge in [-0.1, -0.05) is 0 Å². The Morgan fingerprint density at radius 1 is 1.53 bits per heavy atom. The van der Waals surface area contributed by atoms with Crippen molar-refractivity contribution in [2.24, 2.45) is 0 Å². The number of halogens is 1. The summed E-state index contributed by atoms with van der Waals surface area (Å²) in [5, 5.41) is 0. The van der Waals surface area contributed by atoms with E-state index in [1.54, 1.807) is 0 Å². The largest absolute Gasteiger partial charge is 0.382 e. The van der Waals surface area contributed by atoms with E-state index in [2.05, 4.69) is 10.5 Å². The lowest BCUT2D eigenvalue weighted by Gasteiger charge is -2.04. The number of hydrogen-bond donors (Lipinski definition) is 1. The molecule has 15 heavy (non-hydrogen) atoms. The van der Waals surface area contributed by atoms with Gasteiger partial charge in [-0.15, -0.1) is 0 Å². The van der Waals surface area contributed by atoms with Gasteiger partial charge in [-0.2, -0.15) is 4.39 Å². The lowest BCUT2D eigenvalue weighted by molar-refractivity contribution is 0.00886. The number of carbonyl (C=O) groups is 1. The Labute approximate surface area is 86.2 Å². The molecule has 0 bridgehead atoms. The van der Waals surface area contributed by atoms with Crippen molar-refractivity contribution in [3.05, 3.63) is 29.8 Å². The Kier molecular flexibility index (Phi) is 4.65. The summed E-state index contributed by atoms with van der Waals surface area (Å²) in [5.41, 5.74) is 2.40. The van der Waals surface area contributed by atoms with Crippen LogP contribution in [0.4, 0.5) is 4.39 Å². The third-order valence-electron chi connectivity index (χ3n) is 1.54. The summed E-state index contributed by atoms with van der Waals surface area (Å²) in [4.78, 5) is 19.4. The van der Waals surface area contributed by atoms with Crippen LogP contribution >= 0.6 is 0 Å². The molecule has 0 unspecified atom stereocenters. The van der Waals surface area contributed by atoms with Gasteiger partial charge in [-0.25, -0.2) is 10.5 Å². The van der Waals surface area contributed by atoms with E-state index in [0.717, 1.165) is 12.3 Å². The fourth-order valence-electron chi connectivity index (χ4n) is 0.811. The van der Waals surface area contributed by atoms with Crippen LogP contribution in [-0.2, 0) is 9.57 Å². The van der Waals surface area contributed by atoms with Crippen LogP contribution in [0.3, 0.4) is 0 Å². The molecule has 0 aliphatic rings. The summed E-state index contributed by atoms with van der Waals surface area (Å²) in [5.74, 6) is -1.11. The molecule has 0 aliphatic carbocycles. The standard InChI is InChI=1S/C9H11FN2O3/c1-14-4-5-15-12-9(13)7-2-3-8(10)11-6-7/h2-3,6H,4-5H2,1H3,(H,12,13). The number of hydroxylamine groups is 1. The number of hydrogen-bond acceptors (Lipinski definition) is 4. The van der Waals surface area contributed by atoms with Crippen LogP contribution in [0.5, 0.6) is 0 Å². The summed E-state index contributed by atoms with van der Waals surface area (Å²) in [6, 6.07) is 2.42. The molecule has 1 N–H and O–H groups in total. The van der Waals surface area contributed by atoms with E-state index < -0.39 is 11.9 Å². The highest BCUT2D eigenvalue weighted by atomic mass is 19.1. The van der Waals surface area contributed by atoms with Gasteiger partial charge in [0.05, 0.1) is 18.8 Å². The molecule has 1 aromatic rings. The topological polar surface area (TPSA) is 60.5 Å². The number of carbonyl (C=O) groups excluding carboxylic acids is 1. The van der Waals surface area contributed by atoms with E-state index in [1.807, 2.05) is 0 Å². The molecule has 0 spiro atoms. The third kappa shape index (κ3) is 4.01. The van der Waals surface area contributed by atoms with Gasteiger partial charge in [-0.3, -0.25) is 9.63 Å². The second-order valence-electron chi connectivity index (χ2n) is 2.64. The molecule has 0 aromatic carbocycles. The number of nitrogens with one attached hydrogen (secondary N) is 1. The molecule has 0 atom stereocenters. The zero-order valence-corrected chi connectivity index (χ0v) is 8.20. The van der Waals surface area contributed by atoms with E-state index in [0.29, 0.717) is 6.61 Å². The average molecular weight is 214 g/mol. The Bertz CT molecular complexity index is 316. The highest BCUT2D eigenvalue weighted by Crippen LogP contribution is 1.98. The van der Waals surface area contributed by atoms with Gasteiger partial charge in [0.1, 0.15) is 0 Å². The Balaban J connectivity index is 2.37. The van der Waals surface area contributed by atoms with Gasteiger partial charge < -0.3 is 4.74 Å². The molecular weight excluding hydrogens is 203 g/mol. The lowest BCUT2D eigenvalue weighted by atomic mass is 10.3. The van der Waals surface area contributed by atoms with Gasteiger partial charge in [0.2, 0.25) is 5.95 Å². The molecule has 0 aliphatic heterocycles. The van der Waals surface area contributed by atoms with Gasteiger partial charge in [-0.05, 0) is 12.1 Å². The van der Waals surface area contributed by atoms with Gasteiger partial charge in [0, 0.05) is 13.3 Å². The van der Waals surface area contributed by atoms with Crippen LogP contribution in [0.25, 0.3) is 0 Å². The number of rotatable bonds is 5. The maximum Gasteiger partial charge on any atom is 0.276 e. The van der Waals surface area contributed by atoms with E-state index in [-0.39, 0.29) is 12.2 Å². The quantitative estimate of drug-likeness (QED) is 0.441. The predicted octanol–water partition coefficient (Wildman–Crippen LogP) is 0.528. The van der Waals surface area contributed by atoms with E-state index in [4.69, 9.17) is 9.57 Å². The number of ether oxygens (including phenoxy) is 1. The fourth-order valence-corrected chi connectivity index (χ4v) is 0.811. The molecule has 1 rings (SSSR count). The predicted molar refractivity (Wildman–Crippen MR) is 49.5 cm³/mol. The highest BCUT2D eigenvalue weighted by Gasteiger charge is 2.05. The number of amides is 1. The maximum absolute atomic E-state index is 12.4. The van der Waals surface area contributed by atoms with Crippen molar-refractivity contribution in [1.29, 1.82) is 0 Å². The number of nitrogens with zero attached hydrogens (tertiary/aromatic N) is 1. The molecule has 1 amide bonds. The van der Waals surface area contributed by atoms with Crippen LogP contribution < -0.4 is 5.48 Å². The Morgan fingerprint density at radius 2 is 2.33 bits per heavy atom. The summed E-state index contributed by atoms with van der Waals surface area (Å²) in [7, 11) is 1.52. The Morgan fingerprint density at radius 3 is 2.93 bits per heavy atom. The summed E-state index contributed by atoms with van der Waals surface area (Å²) in [6.45, 7) is 0.624. The molecule has 0 saturated heterocycles. The smallest absolute Gasteiger partial charge is 0.276 e. The van der Waals surface area contributed by atoms with Crippen molar-refractivity contribution >= 4 is 5.91 Å². The first kappa shape index (κ1) is 11.5. The molecule has 0 saturated carbocycles. The minimum Gasteiger partial charge on any atom is -0.382 e. The van der Waals surface area contributed by atoms with Crippen molar-refractivity contribution in [2.75, 3.05) is 20.3 Å². The van der Waals surface area contributed by atoms with Crippen LogP contribution in [0.15, 0.2) is 18.3 Å². The zero-order valence-electron chi connectivity index (χ0n) is 8.20. The molecule has 0 radical (unpaired) electrons. The number of methoxy groups -OCH3 is 1. The van der Waals surface area contributed by atoms with Crippen LogP contribution in [0.2, 0.25) is 0 Å². The summed E-state index contributed by atoms with van der Waals surface area (Å²) < 4.78 is 17.1. The van der Waals surface area contributed by atoms with Crippen molar-refractivity contribution in [2.45, 2.75) is 0 Å². The lowest BCUT2D eigenvalue weighted by Crippen LogP contribution is -2.25. The number of pyridine rings is 1. The van der Waals surface area contributed by atoms with E-state index in [1.165, 1.54) is 13.2 Å². The minimum absolute atomic E-state index is 0.230. The molecule has 82 valence electrons. The van der Waals surface area contributed by atoms with Gasteiger partial charge in [0.15, 0.2) is 0 Å². The molecule has 1 heterocycles. The third-order valence-corrected chi connectivity index (χ3v) is 1.54. The molecule has 6 heteroatoms. The average Bonchev–Trinajstić information content (AvgIpc) is 2.25.